The molecule has 0 aliphatic rings. The van der Waals surface area contributed by atoms with Gasteiger partial charge < -0.3 is 25.4 Å². The van der Waals surface area contributed by atoms with Crippen LogP contribution in [0.1, 0.15) is 13.3 Å². The van der Waals surface area contributed by atoms with Crippen molar-refractivity contribution in [2.24, 2.45) is 0 Å². The highest BCUT2D eigenvalue weighted by Crippen LogP contribution is 2.27. The van der Waals surface area contributed by atoms with Gasteiger partial charge in [0.25, 0.3) is 0 Å². The smallest absolute Gasteiger partial charge is 0.138 e. The van der Waals surface area contributed by atoms with E-state index in [1.165, 1.54) is 0 Å². The summed E-state index contributed by atoms with van der Waals surface area (Å²) in [4.78, 5) is 0. The lowest BCUT2D eigenvalue weighted by atomic mass is 9.98. The lowest BCUT2D eigenvalue weighted by Gasteiger charge is -2.30. The van der Waals surface area contributed by atoms with Crippen LogP contribution in [-0.4, -0.2) is 53.3 Å². The summed E-state index contributed by atoms with van der Waals surface area (Å²) >= 11 is 11.7. The number of nitrogens with one attached hydrogen (secondary N) is 1. The maximum atomic E-state index is 9.89. The number of aliphatic hydroxyl groups is 3. The zero-order valence-electron chi connectivity index (χ0n) is 11.9. The molecule has 21 heavy (non-hydrogen) atoms. The fourth-order valence-electron chi connectivity index (χ4n) is 1.68. The van der Waals surface area contributed by atoms with E-state index in [0.717, 1.165) is 0 Å². The fourth-order valence-corrected chi connectivity index (χ4v) is 2.14. The van der Waals surface area contributed by atoms with Crippen molar-refractivity contribution in [1.29, 1.82) is 0 Å². The van der Waals surface area contributed by atoms with E-state index in [9.17, 15) is 15.3 Å². The third-order valence-corrected chi connectivity index (χ3v) is 3.85. The van der Waals surface area contributed by atoms with E-state index in [1.54, 1.807) is 18.2 Å². The average Bonchev–Trinajstić information content (AvgIpc) is 2.48. The molecule has 0 bridgehead atoms. The van der Waals surface area contributed by atoms with Gasteiger partial charge in [-0.2, -0.15) is 0 Å². The number of rotatable bonds is 9. The first-order valence-electron chi connectivity index (χ1n) is 6.69. The fraction of sp³-hybridized carbons (Fsp3) is 0.571. The van der Waals surface area contributed by atoms with Crippen LogP contribution in [0.25, 0.3) is 0 Å². The van der Waals surface area contributed by atoms with Crippen LogP contribution < -0.4 is 10.1 Å². The van der Waals surface area contributed by atoms with Gasteiger partial charge in [0.05, 0.1) is 23.8 Å². The topological polar surface area (TPSA) is 82.0 Å². The Kier molecular flexibility index (Phi) is 7.73. The van der Waals surface area contributed by atoms with Gasteiger partial charge in [-0.25, -0.2) is 0 Å². The second-order valence-electron chi connectivity index (χ2n) is 4.87. The van der Waals surface area contributed by atoms with Crippen LogP contribution in [0.15, 0.2) is 18.2 Å². The Bertz CT molecular complexity index is 433. The van der Waals surface area contributed by atoms with E-state index < -0.39 is 11.6 Å². The summed E-state index contributed by atoms with van der Waals surface area (Å²) in [5.41, 5.74) is -0.793. The first kappa shape index (κ1) is 18.5. The standard InChI is InChI=1S/C14H21Cl2NO4/c1-2-14(8-18,9-19)17-6-11(20)7-21-13-4-3-10(15)5-12(13)16/h3-5,11,17-20H,2,6-9H2,1H3. The van der Waals surface area contributed by atoms with Gasteiger partial charge in [-0.3, -0.25) is 0 Å². The molecule has 0 fully saturated rings. The Balaban J connectivity index is 2.45. The molecule has 1 rings (SSSR count). The number of ether oxygens (including phenoxy) is 1. The lowest BCUT2D eigenvalue weighted by Crippen LogP contribution is -2.54. The van der Waals surface area contributed by atoms with Gasteiger partial charge in [0, 0.05) is 11.6 Å². The molecular weight excluding hydrogens is 317 g/mol. The summed E-state index contributed by atoms with van der Waals surface area (Å²) in [7, 11) is 0. The molecule has 0 spiro atoms. The summed E-state index contributed by atoms with van der Waals surface area (Å²) in [6.45, 7) is 1.63. The molecule has 0 amide bonds. The predicted octanol–water partition coefficient (Wildman–Crippen LogP) is 1.46. The van der Waals surface area contributed by atoms with Crippen LogP contribution in [0.3, 0.4) is 0 Å². The van der Waals surface area contributed by atoms with E-state index in [4.69, 9.17) is 27.9 Å². The van der Waals surface area contributed by atoms with Crippen LogP contribution in [0.5, 0.6) is 5.75 Å². The second-order valence-corrected chi connectivity index (χ2v) is 5.71. The lowest BCUT2D eigenvalue weighted by molar-refractivity contribution is 0.0569. The van der Waals surface area contributed by atoms with Crippen LogP contribution in [0.4, 0.5) is 0 Å². The van der Waals surface area contributed by atoms with Crippen molar-refractivity contribution < 1.29 is 20.1 Å². The number of aliphatic hydroxyl groups excluding tert-OH is 3. The van der Waals surface area contributed by atoms with Gasteiger partial charge in [0.1, 0.15) is 18.5 Å². The van der Waals surface area contributed by atoms with E-state index in [1.807, 2.05) is 6.92 Å². The van der Waals surface area contributed by atoms with E-state index >= 15 is 0 Å². The zero-order valence-corrected chi connectivity index (χ0v) is 13.4. The number of hydrogen-bond acceptors (Lipinski definition) is 5. The molecular formula is C14H21Cl2NO4. The van der Waals surface area contributed by atoms with Crippen molar-refractivity contribution in [2.75, 3.05) is 26.4 Å². The number of β-amino-alcohol motifs (C(OH)–C–C–N with tert-alkyl or cyclic N) is 1. The second kappa shape index (κ2) is 8.78. The maximum absolute atomic E-state index is 9.89. The normalized spacial score (nSPS) is 13.2. The highest BCUT2D eigenvalue weighted by molar-refractivity contribution is 6.35. The van der Waals surface area contributed by atoms with Crippen LogP contribution in [0.2, 0.25) is 10.0 Å². The molecule has 0 aliphatic carbocycles. The molecule has 5 nitrogen and oxygen atoms in total. The maximum Gasteiger partial charge on any atom is 0.138 e. The van der Waals surface area contributed by atoms with Gasteiger partial charge in [-0.05, 0) is 24.6 Å². The highest BCUT2D eigenvalue weighted by Gasteiger charge is 2.26. The summed E-state index contributed by atoms with van der Waals surface area (Å²) < 4.78 is 5.41. The van der Waals surface area contributed by atoms with Crippen molar-refractivity contribution in [2.45, 2.75) is 25.0 Å². The number of halogens is 2. The third kappa shape index (κ3) is 5.62. The molecule has 120 valence electrons. The Hall–Kier alpha value is -0.560. The number of benzene rings is 1. The van der Waals surface area contributed by atoms with E-state index in [2.05, 4.69) is 5.32 Å². The SMILES string of the molecule is CCC(CO)(CO)NCC(O)COc1ccc(Cl)cc1Cl. The van der Waals surface area contributed by atoms with Gasteiger partial charge in [-0.1, -0.05) is 30.1 Å². The Labute approximate surface area is 134 Å². The Morgan fingerprint density at radius 2 is 1.95 bits per heavy atom. The molecule has 7 heteroatoms. The van der Waals surface area contributed by atoms with Crippen molar-refractivity contribution >= 4 is 23.2 Å². The molecule has 0 saturated heterocycles. The van der Waals surface area contributed by atoms with Crippen LogP contribution in [-0.2, 0) is 0 Å². The van der Waals surface area contributed by atoms with Crippen LogP contribution in [0, 0.1) is 0 Å². The third-order valence-electron chi connectivity index (χ3n) is 3.32. The minimum Gasteiger partial charge on any atom is -0.489 e. The summed E-state index contributed by atoms with van der Waals surface area (Å²) in [5.74, 6) is 0.436. The van der Waals surface area contributed by atoms with Gasteiger partial charge in [0.2, 0.25) is 0 Å². The first-order chi connectivity index (χ1) is 9.96. The molecule has 0 aliphatic heterocycles. The molecule has 1 atom stereocenters. The van der Waals surface area contributed by atoms with Crippen molar-refractivity contribution in [3.05, 3.63) is 28.2 Å². The zero-order chi connectivity index (χ0) is 15.9. The molecule has 0 aromatic heterocycles. The number of hydrogen-bond donors (Lipinski definition) is 4. The molecule has 1 aromatic rings. The predicted molar refractivity (Wildman–Crippen MR) is 83.2 cm³/mol. The van der Waals surface area contributed by atoms with E-state index in [0.29, 0.717) is 22.2 Å². The summed E-state index contributed by atoms with van der Waals surface area (Å²) in [6.07, 6.45) is -0.267. The van der Waals surface area contributed by atoms with Crippen molar-refractivity contribution in [3.8, 4) is 5.75 Å². The average molecular weight is 338 g/mol. The minimum atomic E-state index is -0.805. The highest BCUT2D eigenvalue weighted by atomic mass is 35.5. The summed E-state index contributed by atoms with van der Waals surface area (Å²) in [5, 5.41) is 32.3. The van der Waals surface area contributed by atoms with Gasteiger partial charge in [0.15, 0.2) is 0 Å². The molecule has 4 N–H and O–H groups in total. The van der Waals surface area contributed by atoms with Crippen molar-refractivity contribution in [3.63, 3.8) is 0 Å². The summed E-state index contributed by atoms with van der Waals surface area (Å²) in [6, 6.07) is 4.83. The molecule has 1 aromatic carbocycles. The quantitative estimate of drug-likeness (QED) is 0.548. The van der Waals surface area contributed by atoms with Gasteiger partial charge >= 0.3 is 0 Å². The Morgan fingerprint density at radius 1 is 1.29 bits per heavy atom. The molecule has 0 saturated carbocycles. The first-order valence-corrected chi connectivity index (χ1v) is 7.44. The van der Waals surface area contributed by atoms with Crippen LogP contribution >= 0.6 is 23.2 Å². The largest absolute Gasteiger partial charge is 0.489 e. The molecule has 1 unspecified atom stereocenters. The van der Waals surface area contributed by atoms with Gasteiger partial charge in [-0.15, -0.1) is 0 Å². The Morgan fingerprint density at radius 3 is 2.48 bits per heavy atom. The van der Waals surface area contributed by atoms with E-state index in [-0.39, 0.29) is 26.4 Å². The minimum absolute atomic E-state index is 0.0327. The molecule has 0 radical (unpaired) electrons. The van der Waals surface area contributed by atoms with Crippen molar-refractivity contribution in [1.82, 2.24) is 5.32 Å². The monoisotopic (exact) mass is 337 g/mol. The molecule has 0 heterocycles.